The summed E-state index contributed by atoms with van der Waals surface area (Å²) in [6.07, 6.45) is 1.62. The molecule has 0 atom stereocenters. The van der Waals surface area contributed by atoms with Crippen molar-refractivity contribution in [2.75, 3.05) is 13.9 Å². The van der Waals surface area contributed by atoms with E-state index >= 15 is 0 Å². The van der Waals surface area contributed by atoms with Gasteiger partial charge >= 0.3 is 0 Å². The number of ether oxygens (including phenoxy) is 2. The quantitative estimate of drug-likeness (QED) is 0.778. The summed E-state index contributed by atoms with van der Waals surface area (Å²) in [6.45, 7) is 6.49. The van der Waals surface area contributed by atoms with Gasteiger partial charge in [0, 0.05) is 12.5 Å². The van der Waals surface area contributed by atoms with Crippen molar-refractivity contribution in [1.82, 2.24) is 9.97 Å². The van der Waals surface area contributed by atoms with Crippen molar-refractivity contribution in [2.24, 2.45) is 0 Å². The van der Waals surface area contributed by atoms with Crippen LogP contribution in [0.2, 0.25) is 0 Å². The van der Waals surface area contributed by atoms with Gasteiger partial charge in [0.25, 0.3) is 0 Å². The number of benzene rings is 1. The molecule has 0 aliphatic carbocycles. The zero-order valence-electron chi connectivity index (χ0n) is 11.2. The highest BCUT2D eigenvalue weighted by molar-refractivity contribution is 5.83. The van der Waals surface area contributed by atoms with Gasteiger partial charge in [0.2, 0.25) is 0 Å². The van der Waals surface area contributed by atoms with Crippen LogP contribution in [0, 0.1) is 6.92 Å². The van der Waals surface area contributed by atoms with Crippen molar-refractivity contribution in [1.29, 1.82) is 0 Å². The van der Waals surface area contributed by atoms with Crippen LogP contribution in [0.15, 0.2) is 18.5 Å². The van der Waals surface area contributed by atoms with Gasteiger partial charge in [0.1, 0.15) is 12.1 Å². The smallest absolute Gasteiger partial charge is 0.188 e. The summed E-state index contributed by atoms with van der Waals surface area (Å²) in [5, 5.41) is 1.05. The normalized spacial score (nSPS) is 11.2. The second-order valence-corrected chi connectivity index (χ2v) is 4.60. The molecule has 96 valence electrons. The first kappa shape index (κ1) is 12.8. The molecule has 18 heavy (non-hydrogen) atoms. The Hall–Kier alpha value is -1.68. The lowest BCUT2D eigenvalue weighted by atomic mass is 10.0. The van der Waals surface area contributed by atoms with Crippen LogP contribution in [0.3, 0.4) is 0 Å². The van der Waals surface area contributed by atoms with Crippen molar-refractivity contribution < 1.29 is 9.47 Å². The lowest BCUT2D eigenvalue weighted by molar-refractivity contribution is 0.0507. The summed E-state index contributed by atoms with van der Waals surface area (Å²) in [6, 6.07) is 4.02. The van der Waals surface area contributed by atoms with Crippen molar-refractivity contribution >= 4 is 10.9 Å². The standard InChI is InChI=1S/C14H18N2O2/c1-9(2)14-11-6-13(18-8-17-4)10(3)5-12(11)15-7-16-14/h5-7,9H,8H2,1-4H3. The molecule has 2 aromatic rings. The molecule has 0 N–H and O–H groups in total. The number of fused-ring (bicyclic) bond motifs is 1. The number of hydrogen-bond donors (Lipinski definition) is 0. The maximum Gasteiger partial charge on any atom is 0.188 e. The highest BCUT2D eigenvalue weighted by Gasteiger charge is 2.10. The Bertz CT molecular complexity index is 553. The minimum atomic E-state index is 0.247. The first-order valence-electron chi connectivity index (χ1n) is 6.00. The van der Waals surface area contributed by atoms with E-state index in [0.29, 0.717) is 5.92 Å². The molecule has 1 aromatic carbocycles. The molecule has 0 radical (unpaired) electrons. The lowest BCUT2D eigenvalue weighted by Crippen LogP contribution is -2.02. The highest BCUT2D eigenvalue weighted by Crippen LogP contribution is 2.28. The maximum absolute atomic E-state index is 5.55. The molecule has 1 aromatic heterocycles. The molecule has 0 bridgehead atoms. The highest BCUT2D eigenvalue weighted by atomic mass is 16.7. The Kier molecular flexibility index (Phi) is 3.77. The van der Waals surface area contributed by atoms with Gasteiger partial charge in [0.15, 0.2) is 6.79 Å². The molecule has 1 heterocycles. The number of methoxy groups -OCH3 is 1. The van der Waals surface area contributed by atoms with Crippen LogP contribution >= 0.6 is 0 Å². The third-order valence-electron chi connectivity index (χ3n) is 2.84. The number of aryl methyl sites for hydroxylation is 1. The van der Waals surface area contributed by atoms with Gasteiger partial charge in [0.05, 0.1) is 11.2 Å². The predicted octanol–water partition coefficient (Wildman–Crippen LogP) is 3.04. The van der Waals surface area contributed by atoms with Gasteiger partial charge in [-0.05, 0) is 30.5 Å². The van der Waals surface area contributed by atoms with Gasteiger partial charge in [-0.25, -0.2) is 9.97 Å². The molecule has 0 aliphatic heterocycles. The fourth-order valence-corrected chi connectivity index (χ4v) is 1.95. The summed E-state index contributed by atoms with van der Waals surface area (Å²) < 4.78 is 10.5. The summed E-state index contributed by atoms with van der Waals surface area (Å²) >= 11 is 0. The largest absolute Gasteiger partial charge is 0.467 e. The number of rotatable bonds is 4. The minimum Gasteiger partial charge on any atom is -0.467 e. The Morgan fingerprint density at radius 2 is 2.00 bits per heavy atom. The van der Waals surface area contributed by atoms with E-state index in [9.17, 15) is 0 Å². The van der Waals surface area contributed by atoms with Crippen molar-refractivity contribution in [3.05, 3.63) is 29.7 Å². The van der Waals surface area contributed by atoms with E-state index in [0.717, 1.165) is 27.9 Å². The first-order chi connectivity index (χ1) is 8.63. The summed E-state index contributed by atoms with van der Waals surface area (Å²) in [5.74, 6) is 1.18. The third kappa shape index (κ3) is 2.43. The van der Waals surface area contributed by atoms with Gasteiger partial charge in [-0.2, -0.15) is 0 Å². The number of nitrogens with zero attached hydrogens (tertiary/aromatic N) is 2. The third-order valence-corrected chi connectivity index (χ3v) is 2.84. The molecule has 0 amide bonds. The van der Waals surface area contributed by atoms with Crippen molar-refractivity contribution in [2.45, 2.75) is 26.7 Å². The second-order valence-electron chi connectivity index (χ2n) is 4.60. The average Bonchev–Trinajstić information content (AvgIpc) is 2.35. The van der Waals surface area contributed by atoms with Crippen LogP contribution in [0.5, 0.6) is 5.75 Å². The average molecular weight is 246 g/mol. The SMILES string of the molecule is COCOc1cc2c(C(C)C)ncnc2cc1C. The van der Waals surface area contributed by atoms with Crippen molar-refractivity contribution in [3.63, 3.8) is 0 Å². The zero-order chi connectivity index (χ0) is 13.1. The topological polar surface area (TPSA) is 44.2 Å². The summed E-state index contributed by atoms with van der Waals surface area (Å²) in [4.78, 5) is 8.67. The molecule has 4 heteroatoms. The van der Waals surface area contributed by atoms with Crippen LogP contribution in [-0.4, -0.2) is 23.9 Å². The molecule has 0 spiro atoms. The first-order valence-corrected chi connectivity index (χ1v) is 6.00. The van der Waals surface area contributed by atoms with Crippen LogP contribution in [0.4, 0.5) is 0 Å². The number of aromatic nitrogens is 2. The Morgan fingerprint density at radius 3 is 2.67 bits per heavy atom. The van der Waals surface area contributed by atoms with E-state index in [4.69, 9.17) is 9.47 Å². The summed E-state index contributed by atoms with van der Waals surface area (Å²) in [7, 11) is 1.61. The Balaban J connectivity index is 2.55. The molecule has 0 saturated heterocycles. The van der Waals surface area contributed by atoms with E-state index in [-0.39, 0.29) is 6.79 Å². The maximum atomic E-state index is 5.55. The molecule has 0 unspecified atom stereocenters. The predicted molar refractivity (Wildman–Crippen MR) is 70.9 cm³/mol. The van der Waals surface area contributed by atoms with Crippen LogP contribution in [0.25, 0.3) is 10.9 Å². The van der Waals surface area contributed by atoms with E-state index < -0.39 is 0 Å². The van der Waals surface area contributed by atoms with Gasteiger partial charge in [-0.15, -0.1) is 0 Å². The fourth-order valence-electron chi connectivity index (χ4n) is 1.95. The van der Waals surface area contributed by atoms with Gasteiger partial charge in [-0.3, -0.25) is 0 Å². The van der Waals surface area contributed by atoms with Gasteiger partial charge < -0.3 is 9.47 Å². The Morgan fingerprint density at radius 1 is 1.22 bits per heavy atom. The van der Waals surface area contributed by atoms with Crippen LogP contribution in [0.1, 0.15) is 31.0 Å². The van der Waals surface area contributed by atoms with E-state index in [1.165, 1.54) is 0 Å². The van der Waals surface area contributed by atoms with Gasteiger partial charge in [-0.1, -0.05) is 13.8 Å². The molecular formula is C14H18N2O2. The van der Waals surface area contributed by atoms with E-state index in [1.54, 1.807) is 13.4 Å². The fraction of sp³-hybridized carbons (Fsp3) is 0.429. The molecular weight excluding hydrogens is 228 g/mol. The molecule has 0 saturated carbocycles. The molecule has 0 fully saturated rings. The van der Waals surface area contributed by atoms with E-state index in [1.807, 2.05) is 19.1 Å². The minimum absolute atomic E-state index is 0.247. The van der Waals surface area contributed by atoms with Crippen LogP contribution in [-0.2, 0) is 4.74 Å². The lowest BCUT2D eigenvalue weighted by Gasteiger charge is -2.12. The zero-order valence-corrected chi connectivity index (χ0v) is 11.2. The number of hydrogen-bond acceptors (Lipinski definition) is 4. The monoisotopic (exact) mass is 246 g/mol. The molecule has 2 rings (SSSR count). The van der Waals surface area contributed by atoms with Crippen LogP contribution < -0.4 is 4.74 Å². The van der Waals surface area contributed by atoms with Crippen molar-refractivity contribution in [3.8, 4) is 5.75 Å². The summed E-state index contributed by atoms with van der Waals surface area (Å²) in [5.41, 5.74) is 3.05. The molecule has 0 aliphatic rings. The Labute approximate surface area is 107 Å². The molecule has 4 nitrogen and oxygen atoms in total. The van der Waals surface area contributed by atoms with E-state index in [2.05, 4.69) is 23.8 Å². The second kappa shape index (κ2) is 5.31.